The smallest absolute Gasteiger partial charge is 0.224 e. The normalized spacial score (nSPS) is 13.7. The molecule has 0 saturated carbocycles. The Labute approximate surface area is 120 Å². The Balaban J connectivity index is 1.90. The van der Waals surface area contributed by atoms with Gasteiger partial charge in [-0.05, 0) is 39.5 Å². The summed E-state index contributed by atoms with van der Waals surface area (Å²) in [4.78, 5) is 22.5. The third-order valence-corrected chi connectivity index (χ3v) is 3.87. The van der Waals surface area contributed by atoms with Crippen LogP contribution in [-0.4, -0.2) is 40.4 Å². The Bertz CT molecular complexity index is 457. The molecule has 5 heteroatoms. The monoisotopic (exact) mass is 276 g/mol. The fraction of sp³-hybridized carbons (Fsp3) is 0.667. The molecular formula is C15H24N4O. The van der Waals surface area contributed by atoms with Crippen LogP contribution in [0.5, 0.6) is 0 Å². The highest BCUT2D eigenvalue weighted by atomic mass is 16.2. The maximum Gasteiger partial charge on any atom is 0.224 e. The van der Waals surface area contributed by atoms with E-state index in [1.165, 1.54) is 24.1 Å². The van der Waals surface area contributed by atoms with Gasteiger partial charge in [-0.2, -0.15) is 0 Å². The van der Waals surface area contributed by atoms with Crippen LogP contribution in [0.25, 0.3) is 0 Å². The van der Waals surface area contributed by atoms with Gasteiger partial charge in [0.25, 0.3) is 0 Å². The molecular weight excluding hydrogens is 252 g/mol. The van der Waals surface area contributed by atoms with Crippen molar-refractivity contribution in [3.05, 3.63) is 17.6 Å². The van der Waals surface area contributed by atoms with Crippen molar-refractivity contribution < 1.29 is 4.79 Å². The van der Waals surface area contributed by atoms with E-state index in [-0.39, 0.29) is 5.91 Å². The molecule has 1 aromatic rings. The van der Waals surface area contributed by atoms with E-state index in [4.69, 9.17) is 0 Å². The molecule has 20 heavy (non-hydrogen) atoms. The van der Waals surface area contributed by atoms with E-state index in [2.05, 4.69) is 15.3 Å². The van der Waals surface area contributed by atoms with Crippen LogP contribution in [0.2, 0.25) is 0 Å². The lowest BCUT2D eigenvalue weighted by molar-refractivity contribution is -0.130. The molecule has 110 valence electrons. The summed E-state index contributed by atoms with van der Waals surface area (Å²) in [6, 6.07) is 0. The molecule has 2 rings (SSSR count). The summed E-state index contributed by atoms with van der Waals surface area (Å²) in [7, 11) is 0. The Kier molecular flexibility index (Phi) is 5.32. The highest BCUT2D eigenvalue weighted by Gasteiger charge is 2.15. The third kappa shape index (κ3) is 3.46. The summed E-state index contributed by atoms with van der Waals surface area (Å²) in [6.07, 6.45) is 6.64. The zero-order valence-electron chi connectivity index (χ0n) is 12.5. The van der Waals surface area contributed by atoms with Gasteiger partial charge < -0.3 is 10.2 Å². The number of carbonyl (C=O) groups excluding carboxylic acids is 1. The summed E-state index contributed by atoms with van der Waals surface area (Å²) >= 11 is 0. The molecule has 1 aliphatic rings. The van der Waals surface area contributed by atoms with Gasteiger partial charge in [-0.15, -0.1) is 0 Å². The largest absolute Gasteiger partial charge is 0.369 e. The van der Waals surface area contributed by atoms with Crippen molar-refractivity contribution >= 4 is 11.7 Å². The molecule has 0 saturated heterocycles. The number of rotatable bonds is 6. The van der Waals surface area contributed by atoms with Crippen LogP contribution in [0.3, 0.4) is 0 Å². The molecule has 1 N–H and O–H groups in total. The first-order valence-corrected chi connectivity index (χ1v) is 7.60. The number of fused-ring (bicyclic) bond motifs is 1. The van der Waals surface area contributed by atoms with Gasteiger partial charge in [0.2, 0.25) is 5.91 Å². The molecule has 0 bridgehead atoms. The van der Waals surface area contributed by atoms with Crippen LogP contribution in [0.1, 0.15) is 44.4 Å². The van der Waals surface area contributed by atoms with Gasteiger partial charge >= 0.3 is 0 Å². The van der Waals surface area contributed by atoms with E-state index in [1.54, 1.807) is 6.33 Å². The fourth-order valence-electron chi connectivity index (χ4n) is 2.70. The second-order valence-electron chi connectivity index (χ2n) is 5.10. The lowest BCUT2D eigenvalue weighted by atomic mass is 9.96. The second-order valence-corrected chi connectivity index (χ2v) is 5.10. The Morgan fingerprint density at radius 2 is 2.00 bits per heavy atom. The average molecular weight is 276 g/mol. The molecule has 0 unspecified atom stereocenters. The van der Waals surface area contributed by atoms with Crippen molar-refractivity contribution in [1.82, 2.24) is 14.9 Å². The molecule has 1 amide bonds. The maximum absolute atomic E-state index is 11.9. The Hall–Kier alpha value is -1.65. The minimum atomic E-state index is 0.199. The lowest BCUT2D eigenvalue weighted by Gasteiger charge is -2.20. The molecule has 0 spiro atoms. The van der Waals surface area contributed by atoms with E-state index >= 15 is 0 Å². The number of hydrogen-bond acceptors (Lipinski definition) is 4. The topological polar surface area (TPSA) is 58.1 Å². The minimum absolute atomic E-state index is 0.199. The zero-order chi connectivity index (χ0) is 14.4. The van der Waals surface area contributed by atoms with Crippen LogP contribution in [0, 0.1) is 0 Å². The van der Waals surface area contributed by atoms with Crippen molar-refractivity contribution in [2.24, 2.45) is 0 Å². The van der Waals surface area contributed by atoms with Crippen LogP contribution in [0.4, 0.5) is 5.82 Å². The van der Waals surface area contributed by atoms with Crippen LogP contribution in [-0.2, 0) is 17.6 Å². The molecule has 0 radical (unpaired) electrons. The number of aromatic nitrogens is 2. The molecule has 5 nitrogen and oxygen atoms in total. The summed E-state index contributed by atoms with van der Waals surface area (Å²) in [5, 5.41) is 3.31. The van der Waals surface area contributed by atoms with Crippen molar-refractivity contribution in [3.63, 3.8) is 0 Å². The number of nitrogens with one attached hydrogen (secondary N) is 1. The van der Waals surface area contributed by atoms with E-state index in [0.29, 0.717) is 13.0 Å². The molecule has 1 aliphatic carbocycles. The minimum Gasteiger partial charge on any atom is -0.369 e. The van der Waals surface area contributed by atoms with Gasteiger partial charge in [0.05, 0.1) is 0 Å². The number of carbonyl (C=O) groups is 1. The van der Waals surface area contributed by atoms with Gasteiger partial charge in [-0.3, -0.25) is 4.79 Å². The van der Waals surface area contributed by atoms with Crippen molar-refractivity contribution in [1.29, 1.82) is 0 Å². The summed E-state index contributed by atoms with van der Waals surface area (Å²) in [5.74, 6) is 1.12. The van der Waals surface area contributed by atoms with E-state index in [1.807, 2.05) is 18.7 Å². The fourth-order valence-corrected chi connectivity index (χ4v) is 2.70. The lowest BCUT2D eigenvalue weighted by Crippen LogP contribution is -2.31. The number of nitrogens with zero attached hydrogens (tertiary/aromatic N) is 3. The molecule has 0 fully saturated rings. The number of aryl methyl sites for hydroxylation is 1. The van der Waals surface area contributed by atoms with Crippen molar-refractivity contribution in [3.8, 4) is 0 Å². The SMILES string of the molecule is CCN(CC)C(=O)CCNc1ncnc2c1CCCC2. The van der Waals surface area contributed by atoms with Crippen molar-refractivity contribution in [2.75, 3.05) is 25.0 Å². The molecule has 1 aromatic heterocycles. The van der Waals surface area contributed by atoms with E-state index in [9.17, 15) is 4.79 Å². The van der Waals surface area contributed by atoms with Gasteiger partial charge in [0, 0.05) is 37.3 Å². The van der Waals surface area contributed by atoms with Gasteiger partial charge in [-0.25, -0.2) is 9.97 Å². The van der Waals surface area contributed by atoms with E-state index < -0.39 is 0 Å². The molecule has 0 aromatic carbocycles. The predicted molar refractivity (Wildman–Crippen MR) is 79.7 cm³/mol. The number of amides is 1. The van der Waals surface area contributed by atoms with Crippen LogP contribution >= 0.6 is 0 Å². The summed E-state index contributed by atoms with van der Waals surface area (Å²) in [6.45, 7) is 6.21. The van der Waals surface area contributed by atoms with Crippen molar-refractivity contribution in [2.45, 2.75) is 46.0 Å². The predicted octanol–water partition coefficient (Wildman–Crippen LogP) is 2.03. The Morgan fingerprint density at radius 3 is 2.75 bits per heavy atom. The third-order valence-electron chi connectivity index (χ3n) is 3.87. The maximum atomic E-state index is 11.9. The first-order valence-electron chi connectivity index (χ1n) is 7.60. The average Bonchev–Trinajstić information content (AvgIpc) is 2.49. The number of anilines is 1. The Morgan fingerprint density at radius 1 is 1.25 bits per heavy atom. The summed E-state index contributed by atoms with van der Waals surface area (Å²) in [5.41, 5.74) is 2.41. The molecule has 0 aliphatic heterocycles. The standard InChI is InChI=1S/C15H24N4O/c1-3-19(4-2)14(20)9-10-16-15-12-7-5-6-8-13(12)17-11-18-15/h11H,3-10H2,1-2H3,(H,16,17,18). The highest BCUT2D eigenvalue weighted by Crippen LogP contribution is 2.24. The van der Waals surface area contributed by atoms with Crippen LogP contribution in [0.15, 0.2) is 6.33 Å². The summed E-state index contributed by atoms with van der Waals surface area (Å²) < 4.78 is 0. The molecule has 1 heterocycles. The second kappa shape index (κ2) is 7.22. The number of hydrogen-bond donors (Lipinski definition) is 1. The zero-order valence-corrected chi connectivity index (χ0v) is 12.5. The van der Waals surface area contributed by atoms with E-state index in [0.717, 1.165) is 31.7 Å². The van der Waals surface area contributed by atoms with Crippen LogP contribution < -0.4 is 5.32 Å². The quantitative estimate of drug-likeness (QED) is 0.863. The van der Waals surface area contributed by atoms with Gasteiger partial charge in [0.15, 0.2) is 0 Å². The highest BCUT2D eigenvalue weighted by molar-refractivity contribution is 5.76. The first-order chi connectivity index (χ1) is 9.76. The van der Waals surface area contributed by atoms with Gasteiger partial charge in [-0.1, -0.05) is 0 Å². The van der Waals surface area contributed by atoms with Gasteiger partial charge in [0.1, 0.15) is 12.1 Å². The molecule has 0 atom stereocenters. The first kappa shape index (κ1) is 14.8.